The van der Waals surface area contributed by atoms with Crippen molar-refractivity contribution >= 4 is 22.5 Å². The molecule has 1 fully saturated rings. The molecule has 0 amide bonds. The summed E-state index contributed by atoms with van der Waals surface area (Å²) in [4.78, 5) is 22.3. The minimum atomic E-state index is -0.133. The van der Waals surface area contributed by atoms with Crippen LogP contribution in [0, 0.1) is 0 Å². The summed E-state index contributed by atoms with van der Waals surface area (Å²) in [5.41, 5.74) is 1.70. The van der Waals surface area contributed by atoms with Gasteiger partial charge in [0.2, 0.25) is 0 Å². The first-order valence-electron chi connectivity index (χ1n) is 9.49. The summed E-state index contributed by atoms with van der Waals surface area (Å²) in [6.45, 7) is 2.70. The Kier molecular flexibility index (Phi) is 4.45. The number of rotatable bonds is 3. The number of ether oxygens (including phenoxy) is 2. The molecule has 0 spiro atoms. The van der Waals surface area contributed by atoms with Gasteiger partial charge in [-0.3, -0.25) is 9.69 Å². The highest BCUT2D eigenvalue weighted by Crippen LogP contribution is 2.38. The van der Waals surface area contributed by atoms with E-state index in [1.807, 2.05) is 6.07 Å². The summed E-state index contributed by atoms with van der Waals surface area (Å²) in [6.07, 6.45) is 2.16. The lowest BCUT2D eigenvalue weighted by Gasteiger charge is -2.26. The number of hydrogen-bond acceptors (Lipinski definition) is 5. The zero-order chi connectivity index (χ0) is 19.1. The molecule has 28 heavy (non-hydrogen) atoms. The van der Waals surface area contributed by atoms with Crippen molar-refractivity contribution in [2.45, 2.75) is 25.4 Å². The van der Waals surface area contributed by atoms with Gasteiger partial charge < -0.3 is 14.5 Å². The van der Waals surface area contributed by atoms with Crippen LogP contribution < -0.4 is 15.0 Å². The predicted octanol–water partition coefficient (Wildman–Crippen LogP) is 3.68. The van der Waals surface area contributed by atoms with E-state index in [1.165, 1.54) is 5.56 Å². The molecule has 1 N–H and O–H groups in total. The summed E-state index contributed by atoms with van der Waals surface area (Å²) in [6, 6.07) is 11.6. The van der Waals surface area contributed by atoms with E-state index in [0.29, 0.717) is 41.5 Å². The van der Waals surface area contributed by atoms with Crippen molar-refractivity contribution in [3.8, 4) is 11.5 Å². The molecule has 2 aromatic carbocycles. The van der Waals surface area contributed by atoms with Crippen LogP contribution in [0.4, 0.5) is 0 Å². The highest BCUT2D eigenvalue weighted by molar-refractivity contribution is 6.31. The van der Waals surface area contributed by atoms with E-state index >= 15 is 0 Å². The van der Waals surface area contributed by atoms with Crippen LogP contribution >= 0.6 is 11.6 Å². The summed E-state index contributed by atoms with van der Waals surface area (Å²) in [7, 11) is 0. The number of aromatic amines is 1. The summed E-state index contributed by atoms with van der Waals surface area (Å²) >= 11 is 6.07. The Morgan fingerprint density at radius 3 is 2.89 bits per heavy atom. The van der Waals surface area contributed by atoms with Gasteiger partial charge in [-0.05, 0) is 55.3 Å². The van der Waals surface area contributed by atoms with Crippen LogP contribution in [0.15, 0.2) is 41.2 Å². The molecule has 0 bridgehead atoms. The SMILES string of the molecule is O=c1[nH]c(CN2CCC[C@@H]2c2ccc3c(c2)OCCO3)nc2cc(Cl)ccc12. The summed E-state index contributed by atoms with van der Waals surface area (Å²) in [5, 5.41) is 1.13. The second kappa shape index (κ2) is 7.11. The highest BCUT2D eigenvalue weighted by atomic mass is 35.5. The highest BCUT2D eigenvalue weighted by Gasteiger charge is 2.28. The number of benzene rings is 2. The lowest BCUT2D eigenvalue weighted by atomic mass is 10.0. The molecular weight excluding hydrogens is 378 g/mol. The van der Waals surface area contributed by atoms with Gasteiger partial charge in [0, 0.05) is 11.1 Å². The Morgan fingerprint density at radius 1 is 1.14 bits per heavy atom. The molecule has 7 heteroatoms. The standard InChI is InChI=1S/C21H20ClN3O3/c22-14-4-5-15-16(11-14)23-20(24-21(15)26)12-25-7-1-2-17(25)13-3-6-18-19(10-13)28-9-8-27-18/h3-6,10-11,17H,1-2,7-9,12H2,(H,23,24,26)/t17-/m1/s1. The van der Waals surface area contributed by atoms with Crippen molar-refractivity contribution in [1.82, 2.24) is 14.9 Å². The number of H-pyrrole nitrogens is 1. The molecule has 5 rings (SSSR count). The van der Waals surface area contributed by atoms with E-state index in [1.54, 1.807) is 18.2 Å². The number of nitrogens with zero attached hydrogens (tertiary/aromatic N) is 2. The molecular formula is C21H20ClN3O3. The number of nitrogens with one attached hydrogen (secondary N) is 1. The second-order valence-corrected chi connectivity index (χ2v) is 7.64. The zero-order valence-corrected chi connectivity index (χ0v) is 16.0. The van der Waals surface area contributed by atoms with Crippen molar-refractivity contribution in [1.29, 1.82) is 0 Å². The van der Waals surface area contributed by atoms with Crippen LogP contribution in [-0.2, 0) is 6.54 Å². The van der Waals surface area contributed by atoms with Crippen molar-refractivity contribution in [2.24, 2.45) is 0 Å². The Morgan fingerprint density at radius 2 is 2.00 bits per heavy atom. The molecule has 6 nitrogen and oxygen atoms in total. The van der Waals surface area contributed by atoms with Crippen molar-refractivity contribution in [2.75, 3.05) is 19.8 Å². The minimum Gasteiger partial charge on any atom is -0.486 e. The predicted molar refractivity (Wildman–Crippen MR) is 107 cm³/mol. The third-order valence-electron chi connectivity index (χ3n) is 5.39. The van der Waals surface area contributed by atoms with Gasteiger partial charge in [-0.25, -0.2) is 4.98 Å². The molecule has 0 radical (unpaired) electrons. The number of halogens is 1. The van der Waals surface area contributed by atoms with E-state index < -0.39 is 0 Å². The Bertz CT molecular complexity index is 1100. The lowest BCUT2D eigenvalue weighted by Crippen LogP contribution is -2.26. The smallest absolute Gasteiger partial charge is 0.258 e. The fourth-order valence-electron chi connectivity index (χ4n) is 4.09. The number of fused-ring (bicyclic) bond motifs is 2. The van der Waals surface area contributed by atoms with Crippen LogP contribution in [0.5, 0.6) is 11.5 Å². The molecule has 2 aliphatic rings. The van der Waals surface area contributed by atoms with Crippen LogP contribution in [-0.4, -0.2) is 34.6 Å². The summed E-state index contributed by atoms with van der Waals surface area (Å²) < 4.78 is 11.4. The van der Waals surface area contributed by atoms with E-state index in [4.69, 9.17) is 21.1 Å². The third-order valence-corrected chi connectivity index (χ3v) is 5.62. The van der Waals surface area contributed by atoms with Crippen molar-refractivity contribution in [3.05, 3.63) is 63.2 Å². The molecule has 1 aromatic heterocycles. The van der Waals surface area contributed by atoms with E-state index in [2.05, 4.69) is 27.0 Å². The quantitative estimate of drug-likeness (QED) is 0.730. The van der Waals surface area contributed by atoms with Gasteiger partial charge in [0.05, 0.1) is 17.4 Å². The molecule has 0 saturated carbocycles. The van der Waals surface area contributed by atoms with Gasteiger partial charge in [-0.1, -0.05) is 17.7 Å². The Hall–Kier alpha value is -2.57. The zero-order valence-electron chi connectivity index (χ0n) is 15.3. The number of hydrogen-bond donors (Lipinski definition) is 1. The van der Waals surface area contributed by atoms with Crippen LogP contribution in [0.25, 0.3) is 10.9 Å². The van der Waals surface area contributed by atoms with Gasteiger partial charge in [-0.2, -0.15) is 0 Å². The Balaban J connectivity index is 1.43. The maximum Gasteiger partial charge on any atom is 0.258 e. The first-order chi connectivity index (χ1) is 13.7. The average molecular weight is 398 g/mol. The molecule has 0 unspecified atom stereocenters. The van der Waals surface area contributed by atoms with Gasteiger partial charge in [-0.15, -0.1) is 0 Å². The Labute approximate surface area is 167 Å². The lowest BCUT2D eigenvalue weighted by molar-refractivity contribution is 0.170. The van der Waals surface area contributed by atoms with Crippen molar-refractivity contribution < 1.29 is 9.47 Å². The monoisotopic (exact) mass is 397 g/mol. The molecule has 2 aliphatic heterocycles. The van der Waals surface area contributed by atoms with E-state index in [9.17, 15) is 4.79 Å². The fraction of sp³-hybridized carbons (Fsp3) is 0.333. The van der Waals surface area contributed by atoms with Gasteiger partial charge in [0.25, 0.3) is 5.56 Å². The number of aromatic nitrogens is 2. The first kappa shape index (κ1) is 17.5. The minimum absolute atomic E-state index is 0.133. The maximum absolute atomic E-state index is 12.4. The number of likely N-dealkylation sites (tertiary alicyclic amines) is 1. The van der Waals surface area contributed by atoms with Crippen LogP contribution in [0.3, 0.4) is 0 Å². The normalized spacial score (nSPS) is 19.2. The average Bonchev–Trinajstić information content (AvgIpc) is 3.15. The van der Waals surface area contributed by atoms with Crippen molar-refractivity contribution in [3.63, 3.8) is 0 Å². The molecule has 3 aromatic rings. The molecule has 3 heterocycles. The maximum atomic E-state index is 12.4. The molecule has 144 valence electrons. The van der Waals surface area contributed by atoms with Gasteiger partial charge in [0.15, 0.2) is 11.5 Å². The summed E-state index contributed by atoms with van der Waals surface area (Å²) in [5.74, 6) is 2.27. The largest absolute Gasteiger partial charge is 0.486 e. The second-order valence-electron chi connectivity index (χ2n) is 7.21. The third kappa shape index (κ3) is 3.23. The van der Waals surface area contributed by atoms with Gasteiger partial charge >= 0.3 is 0 Å². The molecule has 1 saturated heterocycles. The van der Waals surface area contributed by atoms with E-state index in [-0.39, 0.29) is 11.6 Å². The first-order valence-corrected chi connectivity index (χ1v) is 9.87. The van der Waals surface area contributed by atoms with E-state index in [0.717, 1.165) is 30.9 Å². The van der Waals surface area contributed by atoms with Gasteiger partial charge in [0.1, 0.15) is 19.0 Å². The molecule has 0 aliphatic carbocycles. The molecule has 1 atom stereocenters. The fourth-order valence-corrected chi connectivity index (χ4v) is 4.25. The topological polar surface area (TPSA) is 67.5 Å². The van der Waals surface area contributed by atoms with Crippen LogP contribution in [0.1, 0.15) is 30.3 Å². The van der Waals surface area contributed by atoms with Crippen LogP contribution in [0.2, 0.25) is 5.02 Å².